The van der Waals surface area contributed by atoms with E-state index in [1.807, 2.05) is 23.8 Å². The maximum atomic E-state index is 13.6. The standard InChI is InChI=1S/C29H35N3O6S2/c1-14(33)19-22-28(2,4-5-38-27(37)29-9-15-6-16(10-29)8-17(7-15)11-29)20(21(26(35)36)32(22)24(19)34)18-12-31-13-30-23(39-3)25(31)40-18/h12-17,19,22,33H,4-11H2,1-3H3,(H,35,36)/t14-,15?,16?,17?,19-,22-,28?,29?/m1/s1. The molecule has 1 amide bonds. The first-order valence-corrected chi connectivity index (χ1v) is 16.3. The van der Waals surface area contributed by atoms with Crippen LogP contribution < -0.4 is 0 Å². The number of ether oxygens (including phenoxy) is 1. The van der Waals surface area contributed by atoms with Crippen LogP contribution in [0.5, 0.6) is 0 Å². The molecule has 0 radical (unpaired) electrons. The summed E-state index contributed by atoms with van der Waals surface area (Å²) >= 11 is 2.96. The summed E-state index contributed by atoms with van der Waals surface area (Å²) in [5.74, 6) is -0.483. The van der Waals surface area contributed by atoms with E-state index in [4.69, 9.17) is 4.74 Å². The number of carboxylic acids is 1. The van der Waals surface area contributed by atoms with Crippen LogP contribution in [0.2, 0.25) is 0 Å². The molecule has 4 atom stereocenters. The molecule has 4 saturated carbocycles. The summed E-state index contributed by atoms with van der Waals surface area (Å²) < 4.78 is 7.94. The molecule has 1 saturated heterocycles. The number of hydrogen-bond donors (Lipinski definition) is 2. The lowest BCUT2D eigenvalue weighted by Crippen LogP contribution is -2.66. The number of nitrogens with zero attached hydrogens (tertiary/aromatic N) is 3. The summed E-state index contributed by atoms with van der Waals surface area (Å²) in [6.45, 7) is 3.68. The van der Waals surface area contributed by atoms with Gasteiger partial charge in [-0.05, 0) is 75.9 Å². The highest BCUT2D eigenvalue weighted by atomic mass is 32.2. The van der Waals surface area contributed by atoms with Gasteiger partial charge in [-0.2, -0.15) is 0 Å². The van der Waals surface area contributed by atoms with Gasteiger partial charge >= 0.3 is 11.9 Å². The lowest BCUT2D eigenvalue weighted by atomic mass is 9.49. The van der Waals surface area contributed by atoms with E-state index in [9.17, 15) is 24.6 Å². The number of thioether (sulfide) groups is 1. The van der Waals surface area contributed by atoms with Crippen LogP contribution in [-0.4, -0.2) is 67.4 Å². The molecule has 4 bridgehead atoms. The van der Waals surface area contributed by atoms with Gasteiger partial charge in [-0.3, -0.25) is 14.0 Å². The first-order valence-electron chi connectivity index (χ1n) is 14.2. The number of aliphatic hydroxyl groups excluding tert-OH is 1. The quantitative estimate of drug-likeness (QED) is 0.267. The van der Waals surface area contributed by atoms with E-state index >= 15 is 0 Å². The second-order valence-corrected chi connectivity index (χ2v) is 14.8. The van der Waals surface area contributed by atoms with Crippen LogP contribution >= 0.6 is 23.1 Å². The number of carbonyl (C=O) groups excluding carboxylic acids is 2. The first-order chi connectivity index (χ1) is 19.1. The zero-order valence-electron chi connectivity index (χ0n) is 23.0. The van der Waals surface area contributed by atoms with Crippen LogP contribution in [0, 0.1) is 34.5 Å². The summed E-state index contributed by atoms with van der Waals surface area (Å²) in [5.41, 5.74) is -0.676. The predicted molar refractivity (Wildman–Crippen MR) is 149 cm³/mol. The van der Waals surface area contributed by atoms with Crippen LogP contribution in [0.25, 0.3) is 10.4 Å². The van der Waals surface area contributed by atoms with Crippen molar-refractivity contribution in [2.45, 2.75) is 76.0 Å². The Kier molecular flexibility index (Phi) is 6.01. The Hall–Kier alpha value is -2.37. The maximum Gasteiger partial charge on any atom is 0.352 e. The van der Waals surface area contributed by atoms with Gasteiger partial charge in [0.05, 0.1) is 35.0 Å². The number of imidazole rings is 1. The predicted octanol–water partition coefficient (Wildman–Crippen LogP) is 4.29. The summed E-state index contributed by atoms with van der Waals surface area (Å²) in [4.78, 5) is 46.9. The number of aliphatic carboxylic acids is 1. The molecule has 0 aromatic carbocycles. The Morgan fingerprint density at radius 1 is 1.23 bits per heavy atom. The summed E-state index contributed by atoms with van der Waals surface area (Å²) in [5, 5.41) is 21.8. The van der Waals surface area contributed by atoms with E-state index in [1.165, 1.54) is 47.3 Å². The third kappa shape index (κ3) is 3.62. The molecule has 6 aliphatic rings. The fraction of sp³-hybridized carbons (Fsp3) is 0.655. The molecule has 40 heavy (non-hydrogen) atoms. The van der Waals surface area contributed by atoms with Gasteiger partial charge in [-0.1, -0.05) is 6.92 Å². The molecule has 5 fully saturated rings. The Morgan fingerprint density at radius 3 is 2.45 bits per heavy atom. The third-order valence-electron chi connectivity index (χ3n) is 10.5. The number of amides is 1. The number of β-lactam (4-membered cyclic amide) rings is 1. The molecule has 2 N–H and O–H groups in total. The molecule has 8 rings (SSSR count). The molecule has 4 heterocycles. The highest BCUT2D eigenvalue weighted by molar-refractivity contribution is 7.98. The molecule has 9 nitrogen and oxygen atoms in total. The average molecular weight is 586 g/mol. The molecule has 2 aliphatic heterocycles. The van der Waals surface area contributed by atoms with Crippen molar-refractivity contribution in [2.75, 3.05) is 12.9 Å². The van der Waals surface area contributed by atoms with Gasteiger partial charge in [0.2, 0.25) is 5.91 Å². The van der Waals surface area contributed by atoms with Gasteiger partial charge in [0, 0.05) is 17.2 Å². The molecule has 4 aliphatic carbocycles. The zero-order chi connectivity index (χ0) is 28.1. The summed E-state index contributed by atoms with van der Waals surface area (Å²) in [7, 11) is 0. The Bertz CT molecular complexity index is 1420. The summed E-state index contributed by atoms with van der Waals surface area (Å²) in [6.07, 6.45) is 11.5. The molecule has 0 spiro atoms. The minimum absolute atomic E-state index is 0.0371. The fourth-order valence-corrected chi connectivity index (χ4v) is 11.2. The van der Waals surface area contributed by atoms with E-state index in [0.29, 0.717) is 29.7 Å². The second kappa shape index (κ2) is 9.06. The van der Waals surface area contributed by atoms with E-state index < -0.39 is 29.4 Å². The van der Waals surface area contributed by atoms with Gasteiger partial charge in [0.1, 0.15) is 21.9 Å². The average Bonchev–Trinajstić information content (AvgIpc) is 3.51. The van der Waals surface area contributed by atoms with Crippen LogP contribution in [0.15, 0.2) is 23.2 Å². The van der Waals surface area contributed by atoms with Crippen molar-refractivity contribution in [1.82, 2.24) is 14.3 Å². The van der Waals surface area contributed by atoms with Crippen molar-refractivity contribution in [1.29, 1.82) is 0 Å². The topological polar surface area (TPSA) is 121 Å². The van der Waals surface area contributed by atoms with Crippen molar-refractivity contribution in [3.05, 3.63) is 23.1 Å². The highest BCUT2D eigenvalue weighted by Crippen LogP contribution is 2.62. The number of rotatable bonds is 8. The molecular formula is C29H35N3O6S2. The Labute approximate surface area is 241 Å². The minimum Gasteiger partial charge on any atom is -0.477 e. The van der Waals surface area contributed by atoms with Crippen LogP contribution in [0.4, 0.5) is 0 Å². The van der Waals surface area contributed by atoms with E-state index in [-0.39, 0.29) is 29.6 Å². The van der Waals surface area contributed by atoms with Crippen LogP contribution in [0.1, 0.15) is 63.7 Å². The Balaban J connectivity index is 1.22. The fourth-order valence-electron chi connectivity index (χ4n) is 9.23. The smallest absolute Gasteiger partial charge is 0.352 e. The normalized spacial score (nSPS) is 36.8. The number of aliphatic hydroxyl groups is 1. The number of esters is 1. The molecule has 11 heteroatoms. The zero-order valence-corrected chi connectivity index (χ0v) is 24.6. The number of fused-ring (bicyclic) bond motifs is 2. The number of carbonyl (C=O) groups is 3. The lowest BCUT2D eigenvalue weighted by Gasteiger charge is -2.55. The minimum atomic E-state index is -1.17. The van der Waals surface area contributed by atoms with E-state index in [0.717, 1.165) is 34.0 Å². The number of thiazole rings is 1. The van der Waals surface area contributed by atoms with Crippen molar-refractivity contribution >= 4 is 51.3 Å². The van der Waals surface area contributed by atoms with Crippen molar-refractivity contribution in [3.63, 3.8) is 0 Å². The Morgan fingerprint density at radius 2 is 1.88 bits per heavy atom. The third-order valence-corrected chi connectivity index (χ3v) is 12.5. The highest BCUT2D eigenvalue weighted by Gasteiger charge is 2.66. The monoisotopic (exact) mass is 585 g/mol. The number of carboxylic acid groups (broad SMARTS) is 1. The summed E-state index contributed by atoms with van der Waals surface area (Å²) in [6, 6.07) is -0.529. The largest absolute Gasteiger partial charge is 0.477 e. The first kappa shape index (κ1) is 26.5. The van der Waals surface area contributed by atoms with E-state index in [1.54, 1.807) is 13.3 Å². The molecular weight excluding hydrogens is 550 g/mol. The van der Waals surface area contributed by atoms with Gasteiger partial charge in [0.25, 0.3) is 0 Å². The second-order valence-electron chi connectivity index (χ2n) is 13.0. The lowest BCUT2D eigenvalue weighted by molar-refractivity contribution is -0.174. The van der Waals surface area contributed by atoms with Gasteiger partial charge in [0.15, 0.2) is 0 Å². The van der Waals surface area contributed by atoms with Gasteiger partial charge in [-0.15, -0.1) is 23.1 Å². The molecule has 214 valence electrons. The van der Waals surface area contributed by atoms with Crippen molar-refractivity contribution in [2.24, 2.45) is 34.5 Å². The SMILES string of the molecule is CSc1ncn2cc(C3=C(C(=O)O)N4C(=O)[C@H]([C@@H](C)O)[C@@H]4C3(C)CCOC(=O)C34CC5CC(CC(C5)C3)C4)sc12. The van der Waals surface area contributed by atoms with Gasteiger partial charge in [-0.25, -0.2) is 9.78 Å². The number of aromatic nitrogens is 2. The van der Waals surface area contributed by atoms with Crippen LogP contribution in [0.3, 0.4) is 0 Å². The van der Waals surface area contributed by atoms with E-state index in [2.05, 4.69) is 4.98 Å². The molecule has 1 unspecified atom stereocenters. The van der Waals surface area contributed by atoms with Crippen molar-refractivity contribution < 1.29 is 29.3 Å². The van der Waals surface area contributed by atoms with Crippen LogP contribution in [-0.2, 0) is 19.1 Å². The molecule has 2 aromatic rings. The van der Waals surface area contributed by atoms with Crippen molar-refractivity contribution in [3.8, 4) is 0 Å². The number of hydrogen-bond acceptors (Lipinski definition) is 8. The molecule has 2 aromatic heterocycles. The van der Waals surface area contributed by atoms with Gasteiger partial charge < -0.3 is 19.8 Å². The maximum absolute atomic E-state index is 13.6.